The number of carbonyl (C=O) groups excluding carboxylic acids is 1. The predicted molar refractivity (Wildman–Crippen MR) is 63.4 cm³/mol. The molecule has 0 saturated heterocycles. The zero-order valence-corrected chi connectivity index (χ0v) is 9.82. The lowest BCUT2D eigenvalue weighted by Crippen LogP contribution is -2.27. The molecule has 0 saturated carbocycles. The van der Waals surface area contributed by atoms with Crippen LogP contribution in [0.1, 0.15) is 10.4 Å². The number of aliphatic hydroxyl groups excluding tert-OH is 1. The number of nitrogen functional groups attached to an aromatic ring is 1. The number of nitrogens with two attached hydrogens (primary N) is 1. The summed E-state index contributed by atoms with van der Waals surface area (Å²) in [6, 6.07) is 3.11. The van der Waals surface area contributed by atoms with Gasteiger partial charge in [-0.15, -0.1) is 0 Å². The second kappa shape index (κ2) is 5.95. The van der Waals surface area contributed by atoms with E-state index in [0.717, 1.165) is 0 Å². The molecule has 6 nitrogen and oxygen atoms in total. The number of methoxy groups -OCH3 is 2. The van der Waals surface area contributed by atoms with E-state index in [4.69, 9.17) is 20.3 Å². The highest BCUT2D eigenvalue weighted by Gasteiger charge is 2.15. The Hall–Kier alpha value is -1.95. The molecule has 4 N–H and O–H groups in total. The highest BCUT2D eigenvalue weighted by atomic mass is 16.5. The van der Waals surface area contributed by atoms with Crippen LogP contribution in [0.5, 0.6) is 11.5 Å². The topological polar surface area (TPSA) is 93.8 Å². The van der Waals surface area contributed by atoms with E-state index in [0.29, 0.717) is 11.5 Å². The molecule has 1 rings (SSSR count). The Kier molecular flexibility index (Phi) is 4.59. The summed E-state index contributed by atoms with van der Waals surface area (Å²) in [7, 11) is 2.95. The Morgan fingerprint density at radius 3 is 2.65 bits per heavy atom. The monoisotopic (exact) mass is 240 g/mol. The molecule has 17 heavy (non-hydrogen) atoms. The summed E-state index contributed by atoms with van der Waals surface area (Å²) < 4.78 is 10.1. The molecule has 0 heterocycles. The highest BCUT2D eigenvalue weighted by Crippen LogP contribution is 2.30. The average molecular weight is 240 g/mol. The summed E-state index contributed by atoms with van der Waals surface area (Å²) in [6.07, 6.45) is 0. The smallest absolute Gasteiger partial charge is 0.253 e. The van der Waals surface area contributed by atoms with E-state index in [9.17, 15) is 4.79 Å². The van der Waals surface area contributed by atoms with Crippen molar-refractivity contribution in [2.45, 2.75) is 0 Å². The maximum Gasteiger partial charge on any atom is 0.253 e. The molecule has 0 aliphatic heterocycles. The molecule has 0 unspecified atom stereocenters. The summed E-state index contributed by atoms with van der Waals surface area (Å²) >= 11 is 0. The van der Waals surface area contributed by atoms with Crippen LogP contribution in [0, 0.1) is 0 Å². The van der Waals surface area contributed by atoms with E-state index in [2.05, 4.69) is 5.32 Å². The molecule has 0 bridgehead atoms. The van der Waals surface area contributed by atoms with Crippen molar-refractivity contribution in [2.24, 2.45) is 0 Å². The van der Waals surface area contributed by atoms with Gasteiger partial charge in [-0.2, -0.15) is 0 Å². The van der Waals surface area contributed by atoms with Gasteiger partial charge in [0.25, 0.3) is 5.91 Å². The first-order chi connectivity index (χ1) is 8.13. The fourth-order valence-corrected chi connectivity index (χ4v) is 1.34. The Morgan fingerprint density at radius 1 is 1.41 bits per heavy atom. The summed E-state index contributed by atoms with van der Waals surface area (Å²) in [5.41, 5.74) is 6.28. The van der Waals surface area contributed by atoms with Crippen molar-refractivity contribution < 1.29 is 19.4 Å². The fraction of sp³-hybridized carbons (Fsp3) is 0.364. The number of amides is 1. The molecule has 0 aliphatic rings. The average Bonchev–Trinajstić information content (AvgIpc) is 2.36. The number of rotatable bonds is 5. The quantitative estimate of drug-likeness (QED) is 0.630. The summed E-state index contributed by atoms with van der Waals surface area (Å²) in [4.78, 5) is 11.7. The van der Waals surface area contributed by atoms with Gasteiger partial charge < -0.3 is 25.6 Å². The maximum absolute atomic E-state index is 11.7. The van der Waals surface area contributed by atoms with Crippen molar-refractivity contribution in [1.82, 2.24) is 5.32 Å². The lowest BCUT2D eigenvalue weighted by Gasteiger charge is -2.12. The van der Waals surface area contributed by atoms with Crippen LogP contribution in [0.3, 0.4) is 0 Å². The summed E-state index contributed by atoms with van der Waals surface area (Å²) in [5.74, 6) is 0.470. The van der Waals surface area contributed by atoms with Gasteiger partial charge in [0.05, 0.1) is 32.1 Å². The third-order valence-corrected chi connectivity index (χ3v) is 2.21. The van der Waals surface area contributed by atoms with Crippen LogP contribution in [-0.2, 0) is 0 Å². The fourth-order valence-electron chi connectivity index (χ4n) is 1.34. The van der Waals surface area contributed by atoms with Crippen molar-refractivity contribution in [1.29, 1.82) is 0 Å². The zero-order chi connectivity index (χ0) is 12.8. The molecule has 0 aromatic heterocycles. The first kappa shape index (κ1) is 13.1. The number of benzene rings is 1. The van der Waals surface area contributed by atoms with Crippen molar-refractivity contribution in [3.05, 3.63) is 17.7 Å². The molecular formula is C11H16N2O4. The van der Waals surface area contributed by atoms with Gasteiger partial charge in [-0.05, 0) is 6.07 Å². The number of ether oxygens (including phenoxy) is 2. The van der Waals surface area contributed by atoms with Gasteiger partial charge in [0.2, 0.25) is 0 Å². The van der Waals surface area contributed by atoms with E-state index >= 15 is 0 Å². The first-order valence-electron chi connectivity index (χ1n) is 5.04. The summed E-state index contributed by atoms with van der Waals surface area (Å²) in [6.45, 7) is 0.0323. The largest absolute Gasteiger partial charge is 0.497 e. The third kappa shape index (κ3) is 3.01. The molecule has 0 radical (unpaired) electrons. The molecule has 1 aromatic carbocycles. The standard InChI is InChI=1S/C11H16N2O4/c1-16-7-5-8(11(15)13-3-4-14)10(12)9(6-7)17-2/h5-6,14H,3-4,12H2,1-2H3,(H,13,15). The molecule has 1 amide bonds. The van der Waals surface area contributed by atoms with Crippen molar-refractivity contribution in [3.63, 3.8) is 0 Å². The molecule has 6 heteroatoms. The van der Waals surface area contributed by atoms with Gasteiger partial charge >= 0.3 is 0 Å². The lowest BCUT2D eigenvalue weighted by molar-refractivity contribution is 0.0945. The molecule has 0 spiro atoms. The number of nitrogens with one attached hydrogen (secondary N) is 1. The van der Waals surface area contributed by atoms with Crippen molar-refractivity contribution in [3.8, 4) is 11.5 Å². The van der Waals surface area contributed by atoms with Gasteiger partial charge in [-0.3, -0.25) is 4.79 Å². The minimum absolute atomic E-state index is 0.132. The molecule has 0 aliphatic carbocycles. The number of anilines is 1. The van der Waals surface area contributed by atoms with Gasteiger partial charge in [0.1, 0.15) is 11.5 Å². The van der Waals surface area contributed by atoms with Crippen LogP contribution < -0.4 is 20.5 Å². The van der Waals surface area contributed by atoms with Crippen molar-refractivity contribution in [2.75, 3.05) is 33.1 Å². The second-order valence-electron chi connectivity index (χ2n) is 3.27. The van der Waals surface area contributed by atoms with Gasteiger partial charge in [-0.1, -0.05) is 0 Å². The lowest BCUT2D eigenvalue weighted by atomic mass is 10.1. The molecule has 1 aromatic rings. The van der Waals surface area contributed by atoms with Gasteiger partial charge in [-0.25, -0.2) is 0 Å². The Balaban J connectivity index is 3.08. The normalized spacial score (nSPS) is 9.82. The number of aliphatic hydroxyl groups is 1. The van der Waals surface area contributed by atoms with Gasteiger partial charge in [0, 0.05) is 12.6 Å². The Morgan fingerprint density at radius 2 is 2.12 bits per heavy atom. The molecule has 0 fully saturated rings. The van der Waals surface area contributed by atoms with Crippen molar-refractivity contribution >= 4 is 11.6 Å². The molecular weight excluding hydrogens is 224 g/mol. The van der Waals surface area contributed by atoms with E-state index in [1.165, 1.54) is 20.3 Å². The van der Waals surface area contributed by atoms with Crippen LogP contribution in [-0.4, -0.2) is 38.4 Å². The van der Waals surface area contributed by atoms with Crippen LogP contribution in [0.2, 0.25) is 0 Å². The van der Waals surface area contributed by atoms with Crippen LogP contribution >= 0.6 is 0 Å². The van der Waals surface area contributed by atoms with E-state index in [-0.39, 0.29) is 30.3 Å². The SMILES string of the molecule is COc1cc(OC)c(N)c(C(=O)NCCO)c1. The number of carbonyl (C=O) groups is 1. The predicted octanol–water partition coefficient (Wildman–Crippen LogP) is 0.00810. The number of hydrogen-bond acceptors (Lipinski definition) is 5. The van der Waals surface area contributed by atoms with Crippen LogP contribution in [0.4, 0.5) is 5.69 Å². The second-order valence-corrected chi connectivity index (χ2v) is 3.27. The van der Waals surface area contributed by atoms with Crippen LogP contribution in [0.25, 0.3) is 0 Å². The van der Waals surface area contributed by atoms with Gasteiger partial charge in [0.15, 0.2) is 0 Å². The molecule has 0 atom stereocenters. The minimum Gasteiger partial charge on any atom is -0.497 e. The van der Waals surface area contributed by atoms with E-state index in [1.807, 2.05) is 0 Å². The minimum atomic E-state index is -0.381. The van der Waals surface area contributed by atoms with E-state index < -0.39 is 0 Å². The number of hydrogen-bond donors (Lipinski definition) is 3. The maximum atomic E-state index is 11.7. The zero-order valence-electron chi connectivity index (χ0n) is 9.82. The molecule has 94 valence electrons. The third-order valence-electron chi connectivity index (χ3n) is 2.21. The Bertz CT molecular complexity index is 407. The first-order valence-corrected chi connectivity index (χ1v) is 5.04. The highest BCUT2D eigenvalue weighted by molar-refractivity contribution is 6.00. The van der Waals surface area contributed by atoms with E-state index in [1.54, 1.807) is 6.07 Å². The van der Waals surface area contributed by atoms with Crippen LogP contribution in [0.15, 0.2) is 12.1 Å². The Labute approximate surface area is 99.3 Å². The summed E-state index contributed by atoms with van der Waals surface area (Å²) in [5, 5.41) is 11.1.